The third-order valence-electron chi connectivity index (χ3n) is 8.62. The third kappa shape index (κ3) is 5.73. The molecule has 3 heterocycles. The second-order valence-electron chi connectivity index (χ2n) is 10.9. The van der Waals surface area contributed by atoms with E-state index in [1.54, 1.807) is 17.0 Å². The molecule has 10 heteroatoms. The minimum absolute atomic E-state index is 0.00909. The Labute approximate surface area is 246 Å². The highest BCUT2D eigenvalue weighted by atomic mass is 16.7. The molecule has 2 aromatic rings. The molecule has 0 aromatic heterocycles. The van der Waals surface area contributed by atoms with Crippen LogP contribution in [0, 0.1) is 5.92 Å². The van der Waals surface area contributed by atoms with E-state index in [0.29, 0.717) is 57.6 Å². The van der Waals surface area contributed by atoms with Crippen molar-refractivity contribution in [2.45, 2.75) is 50.4 Å². The van der Waals surface area contributed by atoms with Crippen molar-refractivity contribution in [2.24, 2.45) is 5.92 Å². The second kappa shape index (κ2) is 13.0. The molecule has 0 unspecified atom stereocenters. The number of piperidine rings is 1. The Morgan fingerprint density at radius 1 is 1.10 bits per heavy atom. The number of likely N-dealkylation sites (tertiary alicyclic amines) is 1. The van der Waals surface area contributed by atoms with Gasteiger partial charge in [-0.25, -0.2) is 4.79 Å². The maximum atomic E-state index is 13.9. The van der Waals surface area contributed by atoms with Gasteiger partial charge in [0, 0.05) is 43.8 Å². The van der Waals surface area contributed by atoms with Gasteiger partial charge in [-0.05, 0) is 68.5 Å². The predicted molar refractivity (Wildman–Crippen MR) is 155 cm³/mol. The zero-order valence-corrected chi connectivity index (χ0v) is 24.2. The molecule has 0 saturated carbocycles. The highest BCUT2D eigenvalue weighted by Gasteiger charge is 2.51. The lowest BCUT2D eigenvalue weighted by atomic mass is 9.80. The average Bonchev–Trinajstić information content (AvgIpc) is 3.34. The molecule has 2 aromatic carbocycles. The largest absolute Gasteiger partial charge is 0.465 e. The molecule has 42 heavy (non-hydrogen) atoms. The number of esters is 1. The number of ether oxygens (including phenoxy) is 3. The molecule has 0 radical (unpaired) electrons. The average molecular weight is 578 g/mol. The summed E-state index contributed by atoms with van der Waals surface area (Å²) < 4.78 is 17.0. The predicted octanol–water partition coefficient (Wildman–Crippen LogP) is 3.18. The van der Waals surface area contributed by atoms with E-state index in [0.717, 1.165) is 11.3 Å². The van der Waals surface area contributed by atoms with E-state index in [4.69, 9.17) is 14.2 Å². The molecule has 0 bridgehead atoms. The molecule has 1 spiro atoms. The maximum absolute atomic E-state index is 13.9. The van der Waals surface area contributed by atoms with Gasteiger partial charge >= 0.3 is 5.97 Å². The van der Waals surface area contributed by atoms with Gasteiger partial charge in [0.05, 0.1) is 19.3 Å². The molecule has 10 nitrogen and oxygen atoms in total. The fourth-order valence-electron chi connectivity index (χ4n) is 6.36. The fraction of sp³-hybridized carbons (Fsp3) is 0.469. The standard InChI is InChI=1S/C32H39N3O7/c1-3-41-30-25(10-7-19-36)26(22-11-13-23(14-12-22)29(38)40-2)20-27(42-30)28(37)34-17-15-32(16-18-34)31(39)33-21-35(32)24-8-5-4-6-9-24/h4-6,8-9,11-14,20,25-26,30,36H,3,7,10,15-19,21H2,1-2H3,(H,33,39)/t25-,26-,30-/m0/s1. The van der Waals surface area contributed by atoms with E-state index < -0.39 is 17.8 Å². The molecule has 2 saturated heterocycles. The van der Waals surface area contributed by atoms with Crippen LogP contribution in [0.1, 0.15) is 54.4 Å². The summed E-state index contributed by atoms with van der Waals surface area (Å²) in [6.07, 6.45) is 3.34. The van der Waals surface area contributed by atoms with Crippen LogP contribution in [-0.4, -0.2) is 79.7 Å². The molecule has 5 rings (SSSR count). The third-order valence-corrected chi connectivity index (χ3v) is 8.62. The van der Waals surface area contributed by atoms with E-state index in [1.165, 1.54) is 7.11 Å². The smallest absolute Gasteiger partial charge is 0.337 e. The first-order valence-corrected chi connectivity index (χ1v) is 14.6. The molecule has 224 valence electrons. The first-order chi connectivity index (χ1) is 20.4. The lowest BCUT2D eigenvalue weighted by Crippen LogP contribution is -2.57. The number of nitrogens with one attached hydrogen (secondary N) is 1. The molecular formula is C32H39N3O7. The summed E-state index contributed by atoms with van der Waals surface area (Å²) in [4.78, 5) is 42.8. The SMILES string of the molecule is CCO[C@H]1OC(C(=O)N2CCC3(CC2)C(=O)NCN3c2ccccc2)=C[C@@H](c2ccc(C(=O)OC)cc2)[C@@H]1CCCO. The number of methoxy groups -OCH3 is 1. The Morgan fingerprint density at radius 2 is 1.81 bits per heavy atom. The molecule has 2 fully saturated rings. The Hall–Kier alpha value is -3.89. The van der Waals surface area contributed by atoms with Crippen LogP contribution < -0.4 is 10.2 Å². The number of amides is 2. The summed E-state index contributed by atoms with van der Waals surface area (Å²) in [5, 5.41) is 12.6. The van der Waals surface area contributed by atoms with Gasteiger partial charge in [-0.1, -0.05) is 30.3 Å². The number of carbonyl (C=O) groups excluding carboxylic acids is 3. The van der Waals surface area contributed by atoms with E-state index >= 15 is 0 Å². The lowest BCUT2D eigenvalue weighted by molar-refractivity contribution is -0.171. The van der Waals surface area contributed by atoms with Crippen LogP contribution in [0.4, 0.5) is 5.69 Å². The van der Waals surface area contributed by atoms with Crippen molar-refractivity contribution in [3.05, 3.63) is 77.6 Å². The Morgan fingerprint density at radius 3 is 2.45 bits per heavy atom. The van der Waals surface area contributed by atoms with E-state index in [2.05, 4.69) is 10.2 Å². The van der Waals surface area contributed by atoms with Gasteiger partial charge in [0.15, 0.2) is 5.76 Å². The Bertz CT molecular complexity index is 1290. The van der Waals surface area contributed by atoms with Crippen molar-refractivity contribution in [3.63, 3.8) is 0 Å². The van der Waals surface area contributed by atoms with Crippen LogP contribution in [0.15, 0.2) is 66.4 Å². The first kappa shape index (κ1) is 29.6. The monoisotopic (exact) mass is 577 g/mol. The summed E-state index contributed by atoms with van der Waals surface area (Å²) in [5.41, 5.74) is 1.61. The minimum Gasteiger partial charge on any atom is -0.465 e. The molecule has 3 atom stereocenters. The van der Waals surface area contributed by atoms with Crippen LogP contribution >= 0.6 is 0 Å². The first-order valence-electron chi connectivity index (χ1n) is 14.6. The van der Waals surface area contributed by atoms with Gasteiger partial charge in [0.25, 0.3) is 5.91 Å². The van der Waals surface area contributed by atoms with Gasteiger partial charge < -0.3 is 34.4 Å². The highest BCUT2D eigenvalue weighted by Crippen LogP contribution is 2.41. The normalized spacial score (nSPS) is 23.3. The van der Waals surface area contributed by atoms with Gasteiger partial charge in [-0.2, -0.15) is 0 Å². The molecule has 2 amide bonds. The van der Waals surface area contributed by atoms with Gasteiger partial charge in [0.2, 0.25) is 12.2 Å². The number of aliphatic hydroxyl groups excluding tert-OH is 1. The number of hydrogen-bond acceptors (Lipinski definition) is 8. The van der Waals surface area contributed by atoms with Crippen molar-refractivity contribution >= 4 is 23.5 Å². The molecule has 3 aliphatic heterocycles. The number of allylic oxidation sites excluding steroid dienone is 1. The number of benzene rings is 2. The summed E-state index contributed by atoms with van der Waals surface area (Å²) in [6, 6.07) is 17.0. The summed E-state index contributed by atoms with van der Waals surface area (Å²) in [6.45, 7) is 3.55. The number of rotatable bonds is 9. The van der Waals surface area contributed by atoms with Crippen LogP contribution in [0.5, 0.6) is 0 Å². The van der Waals surface area contributed by atoms with Crippen molar-refractivity contribution < 1.29 is 33.7 Å². The number of carbonyl (C=O) groups is 3. The number of para-hydroxylation sites is 1. The van der Waals surface area contributed by atoms with Gasteiger partial charge in [0.1, 0.15) is 5.54 Å². The number of aliphatic hydroxyl groups is 1. The molecule has 0 aliphatic carbocycles. The van der Waals surface area contributed by atoms with Crippen molar-refractivity contribution in [1.29, 1.82) is 0 Å². The summed E-state index contributed by atoms with van der Waals surface area (Å²) >= 11 is 0. The van der Waals surface area contributed by atoms with E-state index in [1.807, 2.05) is 55.5 Å². The molecular weight excluding hydrogens is 538 g/mol. The topological polar surface area (TPSA) is 118 Å². The number of hydrogen-bond donors (Lipinski definition) is 2. The zero-order valence-electron chi connectivity index (χ0n) is 24.2. The fourth-order valence-corrected chi connectivity index (χ4v) is 6.36. The summed E-state index contributed by atoms with van der Waals surface area (Å²) in [5.74, 6) is -0.848. The van der Waals surface area contributed by atoms with Crippen LogP contribution in [0.2, 0.25) is 0 Å². The van der Waals surface area contributed by atoms with E-state index in [9.17, 15) is 19.5 Å². The number of anilines is 1. The van der Waals surface area contributed by atoms with Gasteiger partial charge in [-0.3, -0.25) is 9.59 Å². The molecule has 2 N–H and O–H groups in total. The van der Waals surface area contributed by atoms with Crippen molar-refractivity contribution in [2.75, 3.05) is 45.0 Å². The minimum atomic E-state index is -0.701. The van der Waals surface area contributed by atoms with Crippen LogP contribution in [0.3, 0.4) is 0 Å². The molecule has 3 aliphatic rings. The van der Waals surface area contributed by atoms with Crippen LogP contribution in [0.25, 0.3) is 0 Å². The van der Waals surface area contributed by atoms with Crippen molar-refractivity contribution in [3.8, 4) is 0 Å². The quantitative estimate of drug-likeness (QED) is 0.437. The highest BCUT2D eigenvalue weighted by molar-refractivity contribution is 5.95. The second-order valence-corrected chi connectivity index (χ2v) is 10.9. The van der Waals surface area contributed by atoms with Crippen LogP contribution in [-0.2, 0) is 23.8 Å². The Balaban J connectivity index is 1.38. The maximum Gasteiger partial charge on any atom is 0.337 e. The van der Waals surface area contributed by atoms with E-state index in [-0.39, 0.29) is 36.0 Å². The van der Waals surface area contributed by atoms with Gasteiger partial charge in [-0.15, -0.1) is 0 Å². The zero-order chi connectivity index (χ0) is 29.7. The summed E-state index contributed by atoms with van der Waals surface area (Å²) in [7, 11) is 1.34. The van der Waals surface area contributed by atoms with Crippen molar-refractivity contribution in [1.82, 2.24) is 10.2 Å². The Kier molecular flexibility index (Phi) is 9.13. The lowest BCUT2D eigenvalue weighted by Gasteiger charge is -2.44. The number of nitrogens with zero attached hydrogens (tertiary/aromatic N) is 2.